The molecule has 0 unspecified atom stereocenters. The number of hydrogen-bond acceptors (Lipinski definition) is 2. The van der Waals surface area contributed by atoms with E-state index >= 15 is 0 Å². The van der Waals surface area contributed by atoms with Gasteiger partial charge in [0.25, 0.3) is 0 Å². The first-order valence-electron chi connectivity index (χ1n) is 12.3. The number of halogens is 2. The van der Waals surface area contributed by atoms with Crippen LogP contribution in [0, 0.1) is 12.8 Å². The van der Waals surface area contributed by atoms with Gasteiger partial charge in [-0.05, 0) is 93.4 Å². The third kappa shape index (κ3) is 7.48. The van der Waals surface area contributed by atoms with Crippen molar-refractivity contribution in [1.29, 1.82) is 0 Å². The summed E-state index contributed by atoms with van der Waals surface area (Å²) < 4.78 is 2.56. The monoisotopic (exact) mass is 489 g/mol. The highest BCUT2D eigenvalue weighted by molar-refractivity contribution is 5.89. The lowest BCUT2D eigenvalue weighted by Gasteiger charge is -2.22. The Morgan fingerprint density at radius 2 is 1.70 bits per heavy atom. The van der Waals surface area contributed by atoms with E-state index in [2.05, 4.69) is 65.5 Å². The molecule has 4 rings (SSSR count). The molecule has 0 atom stereocenters. The van der Waals surface area contributed by atoms with Gasteiger partial charge in [-0.2, -0.15) is 0 Å². The van der Waals surface area contributed by atoms with Crippen molar-refractivity contribution >= 4 is 35.7 Å². The van der Waals surface area contributed by atoms with Gasteiger partial charge in [0.05, 0.1) is 0 Å². The van der Waals surface area contributed by atoms with Crippen LogP contribution in [0.25, 0.3) is 22.0 Å². The number of nitrogens with one attached hydrogen (secondary N) is 1. The number of fused-ring (bicyclic) bond motifs is 1. The fraction of sp³-hybridized carbons (Fsp3) is 0.500. The summed E-state index contributed by atoms with van der Waals surface area (Å²) >= 11 is 0. The highest BCUT2D eigenvalue weighted by atomic mass is 35.5. The normalized spacial score (nSPS) is 14.1. The van der Waals surface area contributed by atoms with Crippen LogP contribution in [0.4, 0.5) is 0 Å². The largest absolute Gasteiger partial charge is 0.347 e. The summed E-state index contributed by atoms with van der Waals surface area (Å²) in [5.41, 5.74) is 12.5. The third-order valence-corrected chi connectivity index (χ3v) is 6.85. The summed E-state index contributed by atoms with van der Waals surface area (Å²) in [6.07, 6.45) is 12.8. The fourth-order valence-electron chi connectivity index (χ4n) is 5.13. The van der Waals surface area contributed by atoms with Gasteiger partial charge in [-0.25, -0.2) is 0 Å². The Morgan fingerprint density at radius 1 is 0.939 bits per heavy atom. The first-order valence-corrected chi connectivity index (χ1v) is 12.3. The van der Waals surface area contributed by atoms with Crippen molar-refractivity contribution in [3.8, 4) is 11.1 Å². The number of rotatable bonds is 10. The molecule has 182 valence electrons. The summed E-state index contributed by atoms with van der Waals surface area (Å²) in [6, 6.07) is 16.0. The first-order chi connectivity index (χ1) is 15.2. The average molecular weight is 491 g/mol. The van der Waals surface area contributed by atoms with Crippen LogP contribution in [0.1, 0.15) is 56.1 Å². The van der Waals surface area contributed by atoms with Crippen LogP contribution >= 0.6 is 24.8 Å². The lowest BCUT2D eigenvalue weighted by Crippen LogP contribution is -2.19. The number of hydrogen-bond donors (Lipinski definition) is 2. The number of nitrogens with two attached hydrogens (primary N) is 1. The predicted octanol–water partition coefficient (Wildman–Crippen LogP) is 6.91. The molecule has 1 fully saturated rings. The van der Waals surface area contributed by atoms with Crippen LogP contribution in [0.2, 0.25) is 0 Å². The Labute approximate surface area is 212 Å². The Hall–Kier alpha value is -1.52. The van der Waals surface area contributed by atoms with Gasteiger partial charge in [-0.15, -0.1) is 24.8 Å². The van der Waals surface area contributed by atoms with Crippen LogP contribution in [0.15, 0.2) is 48.7 Å². The maximum atomic E-state index is 5.60. The van der Waals surface area contributed by atoms with E-state index in [1.807, 2.05) is 0 Å². The molecular weight excluding hydrogens is 449 g/mol. The van der Waals surface area contributed by atoms with Crippen molar-refractivity contribution in [2.45, 2.75) is 64.8 Å². The maximum Gasteiger partial charge on any atom is 0.0483 e. The molecule has 0 radical (unpaired) electrons. The Morgan fingerprint density at radius 3 is 2.45 bits per heavy atom. The minimum Gasteiger partial charge on any atom is -0.347 e. The second-order valence-electron chi connectivity index (χ2n) is 9.41. The molecule has 3 nitrogen and oxygen atoms in total. The molecular formula is C28H41Cl2N3. The SMILES string of the molecule is Cc1cccc(-c2ccc3c(c2)c(CCCNCCCN)cn3CC2CCCCC2)c1.Cl.Cl. The maximum absolute atomic E-state index is 5.60. The van der Waals surface area contributed by atoms with Crippen LogP contribution < -0.4 is 11.1 Å². The van der Waals surface area contributed by atoms with Crippen LogP contribution in [0.3, 0.4) is 0 Å². The van der Waals surface area contributed by atoms with Gasteiger partial charge in [0.1, 0.15) is 0 Å². The van der Waals surface area contributed by atoms with E-state index in [9.17, 15) is 0 Å². The average Bonchev–Trinajstić information content (AvgIpc) is 3.13. The third-order valence-electron chi connectivity index (χ3n) is 6.85. The highest BCUT2D eigenvalue weighted by Gasteiger charge is 2.17. The number of aromatic nitrogens is 1. The van der Waals surface area contributed by atoms with Gasteiger partial charge >= 0.3 is 0 Å². The van der Waals surface area contributed by atoms with Gasteiger partial charge in [-0.1, -0.05) is 55.2 Å². The zero-order valence-electron chi connectivity index (χ0n) is 20.0. The summed E-state index contributed by atoms with van der Waals surface area (Å²) in [6.45, 7) is 6.20. The van der Waals surface area contributed by atoms with Gasteiger partial charge in [0, 0.05) is 23.6 Å². The summed E-state index contributed by atoms with van der Waals surface area (Å²) in [5, 5.41) is 4.98. The molecule has 0 amide bonds. The molecule has 1 aromatic heterocycles. The molecule has 1 aliphatic carbocycles. The van der Waals surface area contributed by atoms with Gasteiger partial charge in [-0.3, -0.25) is 0 Å². The second kappa shape index (κ2) is 14.0. The highest BCUT2D eigenvalue weighted by Crippen LogP contribution is 2.32. The Balaban J connectivity index is 0.00000193. The van der Waals surface area contributed by atoms with E-state index in [-0.39, 0.29) is 24.8 Å². The summed E-state index contributed by atoms with van der Waals surface area (Å²) in [5.74, 6) is 0.839. The van der Waals surface area contributed by atoms with Crippen molar-refractivity contribution in [3.05, 3.63) is 59.8 Å². The molecule has 3 aromatic rings. The van der Waals surface area contributed by atoms with Gasteiger partial charge in [0.15, 0.2) is 0 Å². The van der Waals surface area contributed by atoms with E-state index in [0.717, 1.165) is 38.4 Å². The van der Waals surface area contributed by atoms with E-state index in [0.29, 0.717) is 0 Å². The van der Waals surface area contributed by atoms with Gasteiger partial charge in [0.2, 0.25) is 0 Å². The van der Waals surface area contributed by atoms with E-state index in [1.165, 1.54) is 78.2 Å². The molecule has 0 bridgehead atoms. The molecule has 1 heterocycles. The Bertz CT molecular complexity index is 976. The van der Waals surface area contributed by atoms with Crippen LogP contribution in [-0.4, -0.2) is 24.2 Å². The van der Waals surface area contributed by atoms with E-state index < -0.39 is 0 Å². The minimum atomic E-state index is 0. The smallest absolute Gasteiger partial charge is 0.0483 e. The quantitative estimate of drug-likeness (QED) is 0.303. The van der Waals surface area contributed by atoms with Crippen molar-refractivity contribution in [3.63, 3.8) is 0 Å². The lowest BCUT2D eigenvalue weighted by molar-refractivity contribution is 0.322. The lowest BCUT2D eigenvalue weighted by atomic mass is 9.89. The topological polar surface area (TPSA) is 43.0 Å². The van der Waals surface area contributed by atoms with E-state index in [4.69, 9.17) is 5.73 Å². The number of aryl methyl sites for hydroxylation is 2. The molecule has 1 aliphatic rings. The summed E-state index contributed by atoms with van der Waals surface area (Å²) in [4.78, 5) is 0. The van der Waals surface area contributed by atoms with E-state index in [1.54, 1.807) is 0 Å². The zero-order chi connectivity index (χ0) is 21.5. The molecule has 33 heavy (non-hydrogen) atoms. The second-order valence-corrected chi connectivity index (χ2v) is 9.41. The standard InChI is InChI=1S/C28H39N3.2ClH/c1-22-8-5-11-24(18-22)25-13-14-28-27(19-25)26(12-6-16-30-17-7-15-29)21-31(28)20-23-9-3-2-4-10-23;;/h5,8,11,13-14,18-19,21,23,30H,2-4,6-7,9-10,12,15-17,20,29H2,1H3;2*1H. The van der Waals surface area contributed by atoms with Crippen molar-refractivity contribution in [2.75, 3.05) is 19.6 Å². The molecule has 0 saturated heterocycles. The van der Waals surface area contributed by atoms with Crippen molar-refractivity contribution in [2.24, 2.45) is 11.7 Å². The molecule has 0 aliphatic heterocycles. The van der Waals surface area contributed by atoms with Crippen LogP contribution in [-0.2, 0) is 13.0 Å². The number of nitrogens with zero attached hydrogens (tertiary/aromatic N) is 1. The summed E-state index contributed by atoms with van der Waals surface area (Å²) in [7, 11) is 0. The molecule has 5 heteroatoms. The predicted molar refractivity (Wildman–Crippen MR) is 148 cm³/mol. The first kappa shape index (κ1) is 27.7. The number of benzene rings is 2. The molecule has 1 saturated carbocycles. The van der Waals surface area contributed by atoms with Crippen molar-refractivity contribution < 1.29 is 0 Å². The molecule has 0 spiro atoms. The van der Waals surface area contributed by atoms with Gasteiger partial charge < -0.3 is 15.6 Å². The molecule has 2 aromatic carbocycles. The van der Waals surface area contributed by atoms with Crippen LogP contribution in [0.5, 0.6) is 0 Å². The zero-order valence-corrected chi connectivity index (χ0v) is 21.7. The minimum absolute atomic E-state index is 0. The Kier molecular flexibility index (Phi) is 11.8. The fourth-order valence-corrected chi connectivity index (χ4v) is 5.13. The van der Waals surface area contributed by atoms with Crippen molar-refractivity contribution in [1.82, 2.24) is 9.88 Å². The molecule has 3 N–H and O–H groups in total.